The fraction of sp³-hybridized carbons (Fsp3) is 0.889. The van der Waals surface area contributed by atoms with Crippen molar-refractivity contribution in [1.82, 2.24) is 5.06 Å². The number of hydrogen-bond donors (Lipinski definition) is 1. The molecule has 2 aliphatic rings. The molecule has 0 radical (unpaired) electrons. The quantitative estimate of drug-likeness (QED) is 0.624. The van der Waals surface area contributed by atoms with Gasteiger partial charge in [-0.25, -0.2) is 5.06 Å². The van der Waals surface area contributed by atoms with Gasteiger partial charge in [-0.3, -0.25) is 9.63 Å². The Bertz CT molecular complexity index is 233. The molecule has 2 heterocycles. The summed E-state index contributed by atoms with van der Waals surface area (Å²) in [6, 6.07) is 0. The van der Waals surface area contributed by atoms with Gasteiger partial charge in [0, 0.05) is 6.61 Å². The van der Waals surface area contributed by atoms with Crippen LogP contribution >= 0.6 is 0 Å². The lowest BCUT2D eigenvalue weighted by Crippen LogP contribution is -2.36. The highest BCUT2D eigenvalue weighted by molar-refractivity contribution is 5.78. The van der Waals surface area contributed by atoms with Crippen LogP contribution in [0.15, 0.2) is 0 Å². The Balaban J connectivity index is 1.94. The number of hydrogen-bond acceptors (Lipinski definition) is 4. The summed E-state index contributed by atoms with van der Waals surface area (Å²) < 4.78 is 5.31. The van der Waals surface area contributed by atoms with Crippen molar-refractivity contribution in [1.29, 1.82) is 0 Å². The zero-order valence-electron chi connectivity index (χ0n) is 8.18. The third kappa shape index (κ3) is 1.75. The standard InChI is InChI=1S/C9H15NO4/c1-6-8(2-3-13-6)9(12)10-4-7(11)5-14-10/h6-8,11H,2-5H2,1H3. The summed E-state index contributed by atoms with van der Waals surface area (Å²) in [6.07, 6.45) is 0.163. The smallest absolute Gasteiger partial charge is 0.252 e. The maximum Gasteiger partial charge on any atom is 0.252 e. The fourth-order valence-corrected chi connectivity index (χ4v) is 1.87. The third-order valence-electron chi connectivity index (χ3n) is 2.74. The van der Waals surface area contributed by atoms with Crippen molar-refractivity contribution in [2.75, 3.05) is 19.8 Å². The third-order valence-corrected chi connectivity index (χ3v) is 2.74. The van der Waals surface area contributed by atoms with Gasteiger partial charge in [-0.15, -0.1) is 0 Å². The molecular weight excluding hydrogens is 186 g/mol. The monoisotopic (exact) mass is 201 g/mol. The van der Waals surface area contributed by atoms with Crippen LogP contribution in [0.3, 0.4) is 0 Å². The van der Waals surface area contributed by atoms with Gasteiger partial charge in [0.25, 0.3) is 5.91 Å². The van der Waals surface area contributed by atoms with E-state index in [0.29, 0.717) is 6.61 Å². The first-order valence-corrected chi connectivity index (χ1v) is 4.92. The Morgan fingerprint density at radius 1 is 1.57 bits per heavy atom. The molecular formula is C9H15NO4. The Morgan fingerprint density at radius 2 is 2.36 bits per heavy atom. The molecule has 0 aromatic heterocycles. The van der Waals surface area contributed by atoms with E-state index in [2.05, 4.69) is 0 Å². The Labute approximate surface area is 82.5 Å². The molecule has 2 rings (SSSR count). The van der Waals surface area contributed by atoms with Crippen molar-refractivity contribution in [3.8, 4) is 0 Å². The van der Waals surface area contributed by atoms with E-state index < -0.39 is 6.10 Å². The summed E-state index contributed by atoms with van der Waals surface area (Å²) in [5, 5.41) is 10.5. The number of carbonyl (C=O) groups excluding carboxylic acids is 1. The molecule has 5 nitrogen and oxygen atoms in total. The maximum atomic E-state index is 11.8. The zero-order chi connectivity index (χ0) is 10.1. The first kappa shape index (κ1) is 9.89. The number of nitrogens with zero attached hydrogens (tertiary/aromatic N) is 1. The van der Waals surface area contributed by atoms with Gasteiger partial charge in [-0.2, -0.15) is 0 Å². The average Bonchev–Trinajstić information content (AvgIpc) is 2.73. The minimum Gasteiger partial charge on any atom is -0.389 e. The predicted octanol–water partition coefficient (Wildman–Crippen LogP) is -0.454. The Morgan fingerprint density at radius 3 is 2.86 bits per heavy atom. The summed E-state index contributed by atoms with van der Waals surface area (Å²) in [5.74, 6) is -0.174. The molecule has 2 aliphatic heterocycles. The number of aliphatic hydroxyl groups is 1. The van der Waals surface area contributed by atoms with Crippen LogP contribution in [0.1, 0.15) is 13.3 Å². The molecule has 2 saturated heterocycles. The van der Waals surface area contributed by atoms with E-state index in [1.807, 2.05) is 6.92 Å². The molecule has 14 heavy (non-hydrogen) atoms. The average molecular weight is 201 g/mol. The van der Waals surface area contributed by atoms with Crippen LogP contribution in [0, 0.1) is 5.92 Å². The van der Waals surface area contributed by atoms with Gasteiger partial charge >= 0.3 is 0 Å². The number of hydroxylamine groups is 2. The van der Waals surface area contributed by atoms with Gasteiger partial charge in [-0.05, 0) is 13.3 Å². The first-order chi connectivity index (χ1) is 6.68. The van der Waals surface area contributed by atoms with Crippen molar-refractivity contribution in [3.05, 3.63) is 0 Å². The van der Waals surface area contributed by atoms with E-state index in [9.17, 15) is 9.90 Å². The molecule has 5 heteroatoms. The van der Waals surface area contributed by atoms with E-state index in [1.165, 1.54) is 5.06 Å². The van der Waals surface area contributed by atoms with E-state index >= 15 is 0 Å². The zero-order valence-corrected chi connectivity index (χ0v) is 8.18. The van der Waals surface area contributed by atoms with Crippen LogP contribution in [0.2, 0.25) is 0 Å². The number of carbonyl (C=O) groups is 1. The number of rotatable bonds is 1. The molecule has 1 amide bonds. The van der Waals surface area contributed by atoms with Crippen LogP contribution in [0.25, 0.3) is 0 Å². The van der Waals surface area contributed by atoms with Crippen molar-refractivity contribution < 1.29 is 19.5 Å². The van der Waals surface area contributed by atoms with Crippen LogP contribution in [-0.2, 0) is 14.4 Å². The summed E-state index contributed by atoms with van der Waals surface area (Å²) in [7, 11) is 0. The normalized spacial score (nSPS) is 37.9. The second kappa shape index (κ2) is 3.84. The minimum absolute atomic E-state index is 0.0381. The summed E-state index contributed by atoms with van der Waals surface area (Å²) in [6.45, 7) is 3.02. The molecule has 3 unspecified atom stereocenters. The largest absolute Gasteiger partial charge is 0.389 e. The number of β-amino-alcohol motifs (C(OH)–C–C–N with tert-alkyl or cyclic N) is 1. The highest BCUT2D eigenvalue weighted by Gasteiger charge is 2.37. The molecule has 2 fully saturated rings. The lowest BCUT2D eigenvalue weighted by Gasteiger charge is -2.19. The summed E-state index contributed by atoms with van der Waals surface area (Å²) in [5.41, 5.74) is 0. The van der Waals surface area contributed by atoms with Crippen LogP contribution in [0.5, 0.6) is 0 Å². The van der Waals surface area contributed by atoms with Gasteiger partial charge in [0.2, 0.25) is 0 Å². The predicted molar refractivity (Wildman–Crippen MR) is 47.2 cm³/mol. The molecule has 0 spiro atoms. The van der Waals surface area contributed by atoms with E-state index in [-0.39, 0.29) is 31.1 Å². The molecule has 3 atom stereocenters. The number of amides is 1. The van der Waals surface area contributed by atoms with Crippen molar-refractivity contribution in [3.63, 3.8) is 0 Å². The van der Waals surface area contributed by atoms with Crippen LogP contribution in [-0.4, -0.2) is 48.0 Å². The fourth-order valence-electron chi connectivity index (χ4n) is 1.87. The van der Waals surface area contributed by atoms with Gasteiger partial charge in [0.15, 0.2) is 0 Å². The van der Waals surface area contributed by atoms with Crippen molar-refractivity contribution in [2.45, 2.75) is 25.6 Å². The van der Waals surface area contributed by atoms with Gasteiger partial charge in [0.05, 0.1) is 24.7 Å². The molecule has 80 valence electrons. The number of ether oxygens (including phenoxy) is 1. The van der Waals surface area contributed by atoms with Gasteiger partial charge < -0.3 is 9.84 Å². The van der Waals surface area contributed by atoms with Gasteiger partial charge in [-0.1, -0.05) is 0 Å². The maximum absolute atomic E-state index is 11.8. The number of aliphatic hydroxyl groups excluding tert-OH is 1. The van der Waals surface area contributed by atoms with E-state index in [1.54, 1.807) is 0 Å². The molecule has 0 aromatic carbocycles. The van der Waals surface area contributed by atoms with Crippen LogP contribution in [0.4, 0.5) is 0 Å². The second-order valence-electron chi connectivity index (χ2n) is 3.82. The second-order valence-corrected chi connectivity index (χ2v) is 3.82. The van der Waals surface area contributed by atoms with E-state index in [4.69, 9.17) is 9.57 Å². The molecule has 0 bridgehead atoms. The van der Waals surface area contributed by atoms with Crippen molar-refractivity contribution >= 4 is 5.91 Å². The highest BCUT2D eigenvalue weighted by Crippen LogP contribution is 2.24. The molecule has 0 saturated carbocycles. The van der Waals surface area contributed by atoms with Crippen LogP contribution < -0.4 is 0 Å². The van der Waals surface area contributed by atoms with Gasteiger partial charge in [0.1, 0.15) is 6.61 Å². The molecule has 1 N–H and O–H groups in total. The van der Waals surface area contributed by atoms with Crippen molar-refractivity contribution in [2.24, 2.45) is 5.92 Å². The molecule has 0 aliphatic carbocycles. The Kier molecular flexibility index (Phi) is 2.71. The lowest BCUT2D eigenvalue weighted by molar-refractivity contribution is -0.174. The minimum atomic E-state index is -0.545. The van der Waals surface area contributed by atoms with E-state index in [0.717, 1.165) is 6.42 Å². The lowest BCUT2D eigenvalue weighted by atomic mass is 10.0. The summed E-state index contributed by atoms with van der Waals surface area (Å²) in [4.78, 5) is 16.9. The summed E-state index contributed by atoms with van der Waals surface area (Å²) >= 11 is 0. The SMILES string of the molecule is CC1OCCC1C(=O)N1CC(O)CO1. The Hall–Kier alpha value is -0.650. The highest BCUT2D eigenvalue weighted by atomic mass is 16.7. The topological polar surface area (TPSA) is 59.0 Å². The molecule has 0 aromatic rings. The first-order valence-electron chi connectivity index (χ1n) is 4.92.